The fourth-order valence-corrected chi connectivity index (χ4v) is 0.978. The van der Waals surface area contributed by atoms with E-state index in [0.29, 0.717) is 5.56 Å². The monoisotopic (exact) mass is 177 g/mol. The van der Waals surface area contributed by atoms with E-state index in [1.807, 2.05) is 0 Å². The van der Waals surface area contributed by atoms with E-state index < -0.39 is 5.82 Å². The number of rotatable bonds is 2. The standard InChI is InChI=1S/C10H8FNO/c11-10-8(5-2-6-12)3-1-4-9(10)7-13/h1-5,13H,7H2. The Kier molecular flexibility index (Phi) is 3.18. The second-order valence-corrected chi connectivity index (χ2v) is 2.44. The van der Waals surface area contributed by atoms with Crippen LogP contribution in [0.2, 0.25) is 0 Å². The van der Waals surface area contributed by atoms with E-state index in [1.165, 1.54) is 18.2 Å². The maximum absolute atomic E-state index is 13.3. The summed E-state index contributed by atoms with van der Waals surface area (Å²) >= 11 is 0. The molecule has 1 N–H and O–H groups in total. The van der Waals surface area contributed by atoms with Crippen molar-refractivity contribution in [3.63, 3.8) is 0 Å². The van der Waals surface area contributed by atoms with Gasteiger partial charge in [0.25, 0.3) is 0 Å². The summed E-state index contributed by atoms with van der Waals surface area (Å²) in [5, 5.41) is 17.0. The second kappa shape index (κ2) is 4.39. The van der Waals surface area contributed by atoms with E-state index in [1.54, 1.807) is 18.2 Å². The highest BCUT2D eigenvalue weighted by Gasteiger charge is 2.03. The summed E-state index contributed by atoms with van der Waals surface area (Å²) < 4.78 is 13.3. The average Bonchev–Trinajstić information content (AvgIpc) is 2.16. The first-order chi connectivity index (χ1) is 6.29. The van der Waals surface area contributed by atoms with Crippen LogP contribution in [0.5, 0.6) is 0 Å². The summed E-state index contributed by atoms with van der Waals surface area (Å²) in [5.74, 6) is -0.475. The van der Waals surface area contributed by atoms with Crippen molar-refractivity contribution in [2.75, 3.05) is 0 Å². The Bertz CT molecular complexity index is 366. The SMILES string of the molecule is N#CC=Cc1cccc(CO)c1F. The zero-order chi connectivity index (χ0) is 9.68. The van der Waals surface area contributed by atoms with Crippen molar-refractivity contribution in [2.45, 2.75) is 6.61 Å². The van der Waals surface area contributed by atoms with Gasteiger partial charge >= 0.3 is 0 Å². The third-order valence-electron chi connectivity index (χ3n) is 1.62. The van der Waals surface area contributed by atoms with Gasteiger partial charge in [-0.15, -0.1) is 0 Å². The molecule has 0 saturated carbocycles. The highest BCUT2D eigenvalue weighted by molar-refractivity contribution is 5.53. The molecule has 0 aliphatic carbocycles. The third-order valence-corrected chi connectivity index (χ3v) is 1.62. The predicted octanol–water partition coefficient (Wildman–Crippen LogP) is 1.85. The summed E-state index contributed by atoms with van der Waals surface area (Å²) in [5.41, 5.74) is 0.549. The van der Waals surface area contributed by atoms with Crippen molar-refractivity contribution in [3.05, 3.63) is 41.2 Å². The Labute approximate surface area is 75.6 Å². The number of allylic oxidation sites excluding steroid dienone is 1. The highest BCUT2D eigenvalue weighted by atomic mass is 19.1. The maximum atomic E-state index is 13.3. The Hall–Kier alpha value is -1.66. The zero-order valence-corrected chi connectivity index (χ0v) is 6.87. The second-order valence-electron chi connectivity index (χ2n) is 2.44. The molecular weight excluding hydrogens is 169 g/mol. The van der Waals surface area contributed by atoms with Gasteiger partial charge in [-0.25, -0.2) is 4.39 Å². The summed E-state index contributed by atoms with van der Waals surface area (Å²) in [7, 11) is 0. The van der Waals surface area contributed by atoms with E-state index in [0.717, 1.165) is 0 Å². The Morgan fingerprint density at radius 3 is 2.92 bits per heavy atom. The minimum absolute atomic E-state index is 0.236. The van der Waals surface area contributed by atoms with E-state index in [-0.39, 0.29) is 12.2 Å². The fourth-order valence-electron chi connectivity index (χ4n) is 0.978. The number of aliphatic hydroxyl groups is 1. The molecule has 0 radical (unpaired) electrons. The lowest BCUT2D eigenvalue weighted by molar-refractivity contribution is 0.275. The Morgan fingerprint density at radius 2 is 2.31 bits per heavy atom. The Balaban J connectivity index is 3.10. The molecule has 1 rings (SSSR count). The number of hydrogen-bond donors (Lipinski definition) is 1. The summed E-state index contributed by atoms with van der Waals surface area (Å²) in [6.07, 6.45) is 2.56. The quantitative estimate of drug-likeness (QED) is 0.700. The molecule has 0 unspecified atom stereocenters. The van der Waals surface area contributed by atoms with Gasteiger partial charge in [-0.2, -0.15) is 5.26 Å². The van der Waals surface area contributed by atoms with Crippen LogP contribution in [-0.2, 0) is 6.61 Å². The number of halogens is 1. The fraction of sp³-hybridized carbons (Fsp3) is 0.100. The molecule has 0 spiro atoms. The van der Waals surface area contributed by atoms with Gasteiger partial charge in [0.1, 0.15) is 5.82 Å². The molecule has 0 atom stereocenters. The molecule has 3 heteroatoms. The molecule has 0 aromatic heterocycles. The van der Waals surface area contributed by atoms with Gasteiger partial charge in [0.15, 0.2) is 0 Å². The molecule has 1 aromatic carbocycles. The van der Waals surface area contributed by atoms with E-state index in [2.05, 4.69) is 0 Å². The average molecular weight is 177 g/mol. The van der Waals surface area contributed by atoms with Crippen molar-refractivity contribution >= 4 is 6.08 Å². The predicted molar refractivity (Wildman–Crippen MR) is 47.0 cm³/mol. The molecule has 66 valence electrons. The molecule has 0 saturated heterocycles. The highest BCUT2D eigenvalue weighted by Crippen LogP contribution is 2.14. The van der Waals surface area contributed by atoms with Gasteiger partial charge in [-0.3, -0.25) is 0 Å². The van der Waals surface area contributed by atoms with Crippen LogP contribution in [-0.4, -0.2) is 5.11 Å². The van der Waals surface area contributed by atoms with Gasteiger partial charge in [-0.1, -0.05) is 18.2 Å². The van der Waals surface area contributed by atoms with Crippen LogP contribution in [0.15, 0.2) is 24.3 Å². The zero-order valence-electron chi connectivity index (χ0n) is 6.87. The third kappa shape index (κ3) is 2.14. The molecule has 13 heavy (non-hydrogen) atoms. The van der Waals surface area contributed by atoms with Crippen molar-refractivity contribution < 1.29 is 9.50 Å². The molecule has 2 nitrogen and oxygen atoms in total. The van der Waals surface area contributed by atoms with Crippen molar-refractivity contribution in [2.24, 2.45) is 0 Å². The Morgan fingerprint density at radius 1 is 1.54 bits per heavy atom. The lowest BCUT2D eigenvalue weighted by atomic mass is 10.1. The topological polar surface area (TPSA) is 44.0 Å². The summed E-state index contributed by atoms with van der Waals surface area (Å²) in [6, 6.07) is 6.44. The normalized spacial score (nSPS) is 10.2. The van der Waals surface area contributed by atoms with Crippen LogP contribution in [0.1, 0.15) is 11.1 Å². The number of nitrogens with zero attached hydrogens (tertiary/aromatic N) is 1. The number of aliphatic hydroxyl groups excluding tert-OH is 1. The van der Waals surface area contributed by atoms with Crippen molar-refractivity contribution in [1.29, 1.82) is 5.26 Å². The van der Waals surface area contributed by atoms with Crippen molar-refractivity contribution in [1.82, 2.24) is 0 Å². The first-order valence-electron chi connectivity index (χ1n) is 3.74. The molecular formula is C10H8FNO. The molecule has 0 bridgehead atoms. The minimum Gasteiger partial charge on any atom is -0.392 e. The van der Waals surface area contributed by atoms with Gasteiger partial charge < -0.3 is 5.11 Å². The molecule has 0 aliphatic rings. The molecule has 0 amide bonds. The maximum Gasteiger partial charge on any atom is 0.135 e. The van der Waals surface area contributed by atoms with Gasteiger partial charge in [0, 0.05) is 17.2 Å². The first kappa shape index (κ1) is 9.43. The molecule has 1 aromatic rings. The van der Waals surface area contributed by atoms with E-state index in [9.17, 15) is 4.39 Å². The van der Waals surface area contributed by atoms with Crippen LogP contribution in [0.4, 0.5) is 4.39 Å². The van der Waals surface area contributed by atoms with Crippen LogP contribution >= 0.6 is 0 Å². The van der Waals surface area contributed by atoms with Crippen LogP contribution < -0.4 is 0 Å². The number of nitriles is 1. The van der Waals surface area contributed by atoms with Crippen LogP contribution in [0, 0.1) is 17.1 Å². The van der Waals surface area contributed by atoms with Gasteiger partial charge in [0.05, 0.1) is 12.7 Å². The molecule has 0 aliphatic heterocycles. The smallest absolute Gasteiger partial charge is 0.135 e. The summed E-state index contributed by atoms with van der Waals surface area (Å²) in [4.78, 5) is 0. The van der Waals surface area contributed by atoms with Crippen LogP contribution in [0.25, 0.3) is 6.08 Å². The lowest BCUT2D eigenvalue weighted by Crippen LogP contribution is -1.91. The van der Waals surface area contributed by atoms with Crippen LogP contribution in [0.3, 0.4) is 0 Å². The first-order valence-corrected chi connectivity index (χ1v) is 3.74. The van der Waals surface area contributed by atoms with E-state index in [4.69, 9.17) is 10.4 Å². The largest absolute Gasteiger partial charge is 0.392 e. The van der Waals surface area contributed by atoms with Gasteiger partial charge in [0.2, 0.25) is 0 Å². The van der Waals surface area contributed by atoms with Gasteiger partial charge in [-0.05, 0) is 6.08 Å². The van der Waals surface area contributed by atoms with Crippen molar-refractivity contribution in [3.8, 4) is 6.07 Å². The van der Waals surface area contributed by atoms with E-state index >= 15 is 0 Å². The minimum atomic E-state index is -0.475. The number of hydrogen-bond acceptors (Lipinski definition) is 2. The molecule has 0 fully saturated rings. The lowest BCUT2D eigenvalue weighted by Gasteiger charge is -2.00. The number of benzene rings is 1. The summed E-state index contributed by atoms with van der Waals surface area (Å²) in [6.45, 7) is -0.333. The molecule has 0 heterocycles.